The van der Waals surface area contributed by atoms with Gasteiger partial charge in [-0.3, -0.25) is 9.48 Å². The van der Waals surface area contributed by atoms with Gasteiger partial charge in [0.15, 0.2) is 0 Å². The van der Waals surface area contributed by atoms with Crippen molar-refractivity contribution >= 4 is 11.6 Å². The molecule has 5 nitrogen and oxygen atoms in total. The summed E-state index contributed by atoms with van der Waals surface area (Å²) >= 11 is 0. The SMILES string of the molecule is C=CCN(C(=O)c1c(N)c(CC)nn1C)C(C)(C)C. The zero-order chi connectivity index (χ0) is 14.8. The molecule has 0 aliphatic rings. The van der Waals surface area contributed by atoms with E-state index in [0.29, 0.717) is 24.3 Å². The fourth-order valence-corrected chi connectivity index (χ4v) is 2.03. The third-order valence-corrected chi connectivity index (χ3v) is 3.06. The molecule has 0 bridgehead atoms. The number of amides is 1. The quantitative estimate of drug-likeness (QED) is 0.846. The first-order chi connectivity index (χ1) is 8.73. The molecule has 0 unspecified atom stereocenters. The first-order valence-corrected chi connectivity index (χ1v) is 6.48. The summed E-state index contributed by atoms with van der Waals surface area (Å²) < 4.78 is 1.57. The second-order valence-corrected chi connectivity index (χ2v) is 5.56. The summed E-state index contributed by atoms with van der Waals surface area (Å²) in [5.41, 5.74) is 7.43. The number of aromatic nitrogens is 2. The van der Waals surface area contributed by atoms with Crippen molar-refractivity contribution < 1.29 is 4.79 Å². The molecule has 106 valence electrons. The number of nitrogens with zero attached hydrogens (tertiary/aromatic N) is 3. The zero-order valence-corrected chi connectivity index (χ0v) is 12.5. The summed E-state index contributed by atoms with van der Waals surface area (Å²) in [7, 11) is 1.75. The first kappa shape index (κ1) is 15.3. The van der Waals surface area contributed by atoms with Crippen LogP contribution in [0.2, 0.25) is 0 Å². The molecule has 1 rings (SSSR count). The smallest absolute Gasteiger partial charge is 0.274 e. The Morgan fingerprint density at radius 2 is 2.11 bits per heavy atom. The minimum Gasteiger partial charge on any atom is -0.395 e. The lowest BCUT2D eigenvalue weighted by Gasteiger charge is -2.35. The average Bonchev–Trinajstić information content (AvgIpc) is 2.59. The van der Waals surface area contributed by atoms with Gasteiger partial charge in [-0.2, -0.15) is 5.10 Å². The molecular weight excluding hydrogens is 240 g/mol. The Balaban J connectivity index is 3.24. The van der Waals surface area contributed by atoms with E-state index in [1.54, 1.807) is 22.7 Å². The molecule has 0 atom stereocenters. The van der Waals surface area contributed by atoms with Crippen LogP contribution in [-0.2, 0) is 13.5 Å². The van der Waals surface area contributed by atoms with Gasteiger partial charge in [-0.05, 0) is 27.2 Å². The monoisotopic (exact) mass is 264 g/mol. The highest BCUT2D eigenvalue weighted by molar-refractivity contribution is 5.98. The molecular formula is C14H24N4O. The summed E-state index contributed by atoms with van der Waals surface area (Å²) in [4.78, 5) is 14.4. The number of nitrogen functional groups attached to an aromatic ring is 1. The van der Waals surface area contributed by atoms with E-state index in [0.717, 1.165) is 5.69 Å². The van der Waals surface area contributed by atoms with Crippen LogP contribution in [0.15, 0.2) is 12.7 Å². The molecule has 0 aromatic carbocycles. The zero-order valence-electron chi connectivity index (χ0n) is 12.5. The van der Waals surface area contributed by atoms with Crippen LogP contribution in [0.1, 0.15) is 43.9 Å². The molecule has 1 aromatic heterocycles. The van der Waals surface area contributed by atoms with E-state index in [2.05, 4.69) is 11.7 Å². The standard InChI is InChI=1S/C14H24N4O/c1-7-9-18(14(3,4)5)13(19)12-11(15)10(8-2)16-17(12)6/h7H,1,8-9,15H2,2-6H3. The number of carbonyl (C=O) groups is 1. The predicted molar refractivity (Wildman–Crippen MR) is 78.0 cm³/mol. The van der Waals surface area contributed by atoms with Crippen LogP contribution in [0, 0.1) is 0 Å². The van der Waals surface area contributed by atoms with Gasteiger partial charge >= 0.3 is 0 Å². The van der Waals surface area contributed by atoms with Gasteiger partial charge in [0.25, 0.3) is 5.91 Å². The highest BCUT2D eigenvalue weighted by atomic mass is 16.2. The van der Waals surface area contributed by atoms with Gasteiger partial charge in [0, 0.05) is 19.1 Å². The largest absolute Gasteiger partial charge is 0.395 e. The molecule has 1 heterocycles. The Hall–Kier alpha value is -1.78. The number of rotatable bonds is 4. The molecule has 0 fully saturated rings. The van der Waals surface area contributed by atoms with Crippen molar-refractivity contribution in [3.05, 3.63) is 24.0 Å². The molecule has 2 N–H and O–H groups in total. The number of carbonyl (C=O) groups excluding carboxylic acids is 1. The first-order valence-electron chi connectivity index (χ1n) is 6.48. The normalized spacial score (nSPS) is 11.4. The lowest BCUT2D eigenvalue weighted by molar-refractivity contribution is 0.0606. The Kier molecular flexibility index (Phi) is 4.39. The Labute approximate surface area is 115 Å². The molecule has 0 saturated carbocycles. The summed E-state index contributed by atoms with van der Waals surface area (Å²) in [6, 6.07) is 0. The predicted octanol–water partition coefficient (Wildman–Crippen LogP) is 1.99. The molecule has 19 heavy (non-hydrogen) atoms. The van der Waals surface area contributed by atoms with E-state index in [-0.39, 0.29) is 11.4 Å². The Bertz CT molecular complexity index is 482. The second kappa shape index (κ2) is 5.47. The maximum atomic E-state index is 12.7. The number of anilines is 1. The maximum Gasteiger partial charge on any atom is 0.274 e. The maximum absolute atomic E-state index is 12.7. The summed E-state index contributed by atoms with van der Waals surface area (Å²) in [6.45, 7) is 12.1. The molecule has 1 aromatic rings. The van der Waals surface area contributed by atoms with Crippen LogP contribution >= 0.6 is 0 Å². The Morgan fingerprint density at radius 1 is 1.53 bits per heavy atom. The van der Waals surface area contributed by atoms with Crippen molar-refractivity contribution in [1.82, 2.24) is 14.7 Å². The van der Waals surface area contributed by atoms with E-state index in [4.69, 9.17) is 5.73 Å². The van der Waals surface area contributed by atoms with Gasteiger partial charge in [0.2, 0.25) is 0 Å². The highest BCUT2D eigenvalue weighted by Crippen LogP contribution is 2.23. The van der Waals surface area contributed by atoms with E-state index in [1.807, 2.05) is 27.7 Å². The van der Waals surface area contributed by atoms with Gasteiger partial charge in [-0.1, -0.05) is 13.0 Å². The second-order valence-electron chi connectivity index (χ2n) is 5.56. The van der Waals surface area contributed by atoms with Crippen LogP contribution in [0.5, 0.6) is 0 Å². The van der Waals surface area contributed by atoms with Crippen molar-refractivity contribution in [3.63, 3.8) is 0 Å². The molecule has 0 aliphatic carbocycles. The molecule has 1 amide bonds. The van der Waals surface area contributed by atoms with Crippen molar-refractivity contribution in [3.8, 4) is 0 Å². The van der Waals surface area contributed by atoms with Gasteiger partial charge in [0.05, 0.1) is 11.4 Å². The average molecular weight is 264 g/mol. The van der Waals surface area contributed by atoms with Crippen LogP contribution in [-0.4, -0.2) is 32.7 Å². The number of hydrogen-bond acceptors (Lipinski definition) is 3. The topological polar surface area (TPSA) is 64.2 Å². The van der Waals surface area contributed by atoms with Crippen molar-refractivity contribution in [2.45, 2.75) is 39.7 Å². The number of aryl methyl sites for hydroxylation is 2. The third kappa shape index (κ3) is 2.97. The summed E-state index contributed by atoms with van der Waals surface area (Å²) in [5.74, 6) is -0.111. The van der Waals surface area contributed by atoms with Crippen LogP contribution in [0.4, 0.5) is 5.69 Å². The minimum absolute atomic E-state index is 0.111. The highest BCUT2D eigenvalue weighted by Gasteiger charge is 2.30. The van der Waals surface area contributed by atoms with Crippen LogP contribution in [0.3, 0.4) is 0 Å². The van der Waals surface area contributed by atoms with Crippen molar-refractivity contribution in [1.29, 1.82) is 0 Å². The van der Waals surface area contributed by atoms with Gasteiger partial charge in [-0.25, -0.2) is 0 Å². The van der Waals surface area contributed by atoms with Gasteiger partial charge in [-0.15, -0.1) is 6.58 Å². The lowest BCUT2D eigenvalue weighted by Crippen LogP contribution is -2.46. The lowest BCUT2D eigenvalue weighted by atomic mass is 10.0. The number of nitrogens with two attached hydrogens (primary N) is 1. The van der Waals surface area contributed by atoms with Crippen molar-refractivity contribution in [2.24, 2.45) is 7.05 Å². The van der Waals surface area contributed by atoms with Crippen LogP contribution in [0.25, 0.3) is 0 Å². The third-order valence-electron chi connectivity index (χ3n) is 3.06. The fourth-order valence-electron chi connectivity index (χ4n) is 2.03. The molecule has 0 radical (unpaired) electrons. The van der Waals surface area contributed by atoms with E-state index in [1.165, 1.54) is 0 Å². The molecule has 0 aliphatic heterocycles. The van der Waals surface area contributed by atoms with Crippen molar-refractivity contribution in [2.75, 3.05) is 12.3 Å². The summed E-state index contributed by atoms with van der Waals surface area (Å²) in [6.07, 6.45) is 2.43. The fraction of sp³-hybridized carbons (Fsp3) is 0.571. The number of hydrogen-bond donors (Lipinski definition) is 1. The van der Waals surface area contributed by atoms with Gasteiger partial charge < -0.3 is 10.6 Å². The molecule has 0 spiro atoms. The van der Waals surface area contributed by atoms with E-state index in [9.17, 15) is 4.79 Å². The molecule has 5 heteroatoms. The molecule has 0 saturated heterocycles. The van der Waals surface area contributed by atoms with Crippen LogP contribution < -0.4 is 5.73 Å². The van der Waals surface area contributed by atoms with E-state index < -0.39 is 0 Å². The Morgan fingerprint density at radius 3 is 2.47 bits per heavy atom. The minimum atomic E-state index is -0.297. The summed E-state index contributed by atoms with van der Waals surface area (Å²) in [5, 5.41) is 4.29. The van der Waals surface area contributed by atoms with Gasteiger partial charge in [0.1, 0.15) is 5.69 Å². The van der Waals surface area contributed by atoms with E-state index >= 15 is 0 Å².